The summed E-state index contributed by atoms with van der Waals surface area (Å²) in [6.07, 6.45) is 6.85. The molecule has 1 N–H and O–H groups in total. The van der Waals surface area contributed by atoms with Crippen molar-refractivity contribution in [1.29, 1.82) is 0 Å². The quantitative estimate of drug-likeness (QED) is 0.863. The van der Waals surface area contributed by atoms with Crippen molar-refractivity contribution < 1.29 is 4.74 Å². The first-order chi connectivity index (χ1) is 8.43. The highest BCUT2D eigenvalue weighted by Gasteiger charge is 2.23. The smallest absolute Gasteiger partial charge is 0.123 e. The van der Waals surface area contributed by atoms with Crippen LogP contribution in [0.25, 0.3) is 0 Å². The van der Waals surface area contributed by atoms with Crippen molar-refractivity contribution in [1.82, 2.24) is 5.32 Å². The Morgan fingerprint density at radius 3 is 2.65 bits per heavy atom. The fourth-order valence-corrected chi connectivity index (χ4v) is 2.71. The van der Waals surface area contributed by atoms with E-state index < -0.39 is 0 Å². The molecule has 0 amide bonds. The van der Waals surface area contributed by atoms with E-state index in [4.69, 9.17) is 4.74 Å². The van der Waals surface area contributed by atoms with Crippen LogP contribution in [0.4, 0.5) is 0 Å². The van der Waals surface area contributed by atoms with Crippen LogP contribution in [0.15, 0.2) is 24.3 Å². The predicted molar refractivity (Wildman–Crippen MR) is 69.6 cm³/mol. The van der Waals surface area contributed by atoms with Crippen molar-refractivity contribution >= 4 is 0 Å². The molecule has 1 atom stereocenters. The zero-order chi connectivity index (χ0) is 11.5. The molecule has 1 unspecified atom stereocenters. The monoisotopic (exact) mass is 231 g/mol. The third-order valence-corrected chi connectivity index (χ3v) is 4.00. The molecule has 1 saturated carbocycles. The predicted octanol–water partition coefficient (Wildman–Crippen LogP) is 3.08. The Bertz CT molecular complexity index is 367. The number of nitrogens with one attached hydrogen (secondary N) is 1. The lowest BCUT2D eigenvalue weighted by atomic mass is 9.90. The highest BCUT2D eigenvalue weighted by atomic mass is 16.5. The van der Waals surface area contributed by atoms with Gasteiger partial charge in [0.1, 0.15) is 5.75 Å². The first kappa shape index (κ1) is 11.1. The number of benzene rings is 1. The van der Waals surface area contributed by atoms with Crippen molar-refractivity contribution in [2.45, 2.75) is 44.1 Å². The van der Waals surface area contributed by atoms with Crippen molar-refractivity contribution in [3.8, 4) is 5.75 Å². The number of para-hydroxylation sites is 1. The van der Waals surface area contributed by atoms with Crippen LogP contribution in [-0.4, -0.2) is 19.2 Å². The number of hydrogen-bond acceptors (Lipinski definition) is 2. The van der Waals surface area contributed by atoms with Gasteiger partial charge in [-0.15, -0.1) is 0 Å². The van der Waals surface area contributed by atoms with Gasteiger partial charge >= 0.3 is 0 Å². The second-order valence-corrected chi connectivity index (χ2v) is 5.25. The number of rotatable bonds is 3. The Kier molecular flexibility index (Phi) is 3.32. The summed E-state index contributed by atoms with van der Waals surface area (Å²) in [5.41, 5.74) is 1.41. The van der Waals surface area contributed by atoms with Gasteiger partial charge in [0.2, 0.25) is 0 Å². The number of piperidine rings is 1. The van der Waals surface area contributed by atoms with Gasteiger partial charge in [-0.25, -0.2) is 0 Å². The minimum Gasteiger partial charge on any atom is -0.490 e. The molecule has 0 spiro atoms. The van der Waals surface area contributed by atoms with Crippen LogP contribution in [0.2, 0.25) is 0 Å². The molecule has 0 radical (unpaired) electrons. The van der Waals surface area contributed by atoms with Gasteiger partial charge in [0.25, 0.3) is 0 Å². The SMILES string of the molecule is c1ccc(C2CCCNC2)c(OC2CCC2)c1. The third-order valence-electron chi connectivity index (χ3n) is 4.00. The topological polar surface area (TPSA) is 21.3 Å². The normalized spacial score (nSPS) is 25.3. The molecule has 1 aromatic carbocycles. The average Bonchev–Trinajstić information content (AvgIpc) is 2.35. The molecule has 2 fully saturated rings. The van der Waals surface area contributed by atoms with Gasteiger partial charge in [0.05, 0.1) is 6.10 Å². The summed E-state index contributed by atoms with van der Waals surface area (Å²) in [5.74, 6) is 1.77. The molecule has 1 heterocycles. The van der Waals surface area contributed by atoms with E-state index in [9.17, 15) is 0 Å². The van der Waals surface area contributed by atoms with E-state index in [-0.39, 0.29) is 0 Å². The maximum Gasteiger partial charge on any atom is 0.123 e. The van der Waals surface area contributed by atoms with Crippen LogP contribution in [-0.2, 0) is 0 Å². The highest BCUT2D eigenvalue weighted by Crippen LogP contribution is 2.34. The lowest BCUT2D eigenvalue weighted by Gasteiger charge is -2.30. The van der Waals surface area contributed by atoms with E-state index >= 15 is 0 Å². The summed E-state index contributed by atoms with van der Waals surface area (Å²) < 4.78 is 6.11. The van der Waals surface area contributed by atoms with Crippen LogP contribution < -0.4 is 10.1 Å². The molecule has 2 nitrogen and oxygen atoms in total. The second-order valence-electron chi connectivity index (χ2n) is 5.25. The fourth-order valence-electron chi connectivity index (χ4n) is 2.71. The lowest BCUT2D eigenvalue weighted by molar-refractivity contribution is 0.118. The molecule has 1 aliphatic carbocycles. The fraction of sp³-hybridized carbons (Fsp3) is 0.600. The molecule has 3 rings (SSSR count). The summed E-state index contributed by atoms with van der Waals surface area (Å²) in [5, 5.41) is 3.49. The van der Waals surface area contributed by atoms with Crippen LogP contribution in [0.1, 0.15) is 43.6 Å². The summed E-state index contributed by atoms with van der Waals surface area (Å²) in [6, 6.07) is 8.61. The summed E-state index contributed by atoms with van der Waals surface area (Å²) in [4.78, 5) is 0. The van der Waals surface area contributed by atoms with Crippen LogP contribution in [0, 0.1) is 0 Å². The molecule has 2 aliphatic rings. The van der Waals surface area contributed by atoms with Crippen LogP contribution in [0.3, 0.4) is 0 Å². The van der Waals surface area contributed by atoms with E-state index in [1.54, 1.807) is 0 Å². The largest absolute Gasteiger partial charge is 0.490 e. The Balaban J connectivity index is 1.76. The Labute approximate surface area is 103 Å². The lowest BCUT2D eigenvalue weighted by Crippen LogP contribution is -2.29. The van der Waals surface area contributed by atoms with Crippen LogP contribution in [0.5, 0.6) is 5.75 Å². The van der Waals surface area contributed by atoms with Gasteiger partial charge in [0.15, 0.2) is 0 Å². The molecule has 1 aromatic rings. The molecule has 1 aliphatic heterocycles. The van der Waals surface area contributed by atoms with Crippen molar-refractivity contribution in [2.24, 2.45) is 0 Å². The van der Waals surface area contributed by atoms with Crippen LogP contribution >= 0.6 is 0 Å². The Morgan fingerprint density at radius 1 is 1.06 bits per heavy atom. The first-order valence-corrected chi connectivity index (χ1v) is 6.90. The van der Waals surface area contributed by atoms with Gasteiger partial charge in [-0.1, -0.05) is 18.2 Å². The number of ether oxygens (including phenoxy) is 1. The van der Waals surface area contributed by atoms with Crippen molar-refractivity contribution in [3.63, 3.8) is 0 Å². The molecule has 0 bridgehead atoms. The molecule has 92 valence electrons. The maximum absolute atomic E-state index is 6.11. The van der Waals surface area contributed by atoms with Crippen molar-refractivity contribution in [3.05, 3.63) is 29.8 Å². The van der Waals surface area contributed by atoms with Gasteiger partial charge in [-0.2, -0.15) is 0 Å². The summed E-state index contributed by atoms with van der Waals surface area (Å²) >= 11 is 0. The maximum atomic E-state index is 6.11. The third kappa shape index (κ3) is 2.47. The van der Waals surface area contributed by atoms with Gasteiger partial charge in [-0.05, 0) is 50.3 Å². The van der Waals surface area contributed by atoms with E-state index in [0.29, 0.717) is 12.0 Å². The minimum atomic E-state index is 0.479. The highest BCUT2D eigenvalue weighted by molar-refractivity contribution is 5.37. The molecule has 2 heteroatoms. The summed E-state index contributed by atoms with van der Waals surface area (Å²) in [6.45, 7) is 2.27. The molecule has 0 aromatic heterocycles. The molecular formula is C15H21NO. The zero-order valence-electron chi connectivity index (χ0n) is 10.3. The van der Waals surface area contributed by atoms with Gasteiger partial charge in [0, 0.05) is 12.5 Å². The molecule has 17 heavy (non-hydrogen) atoms. The number of hydrogen-bond donors (Lipinski definition) is 1. The average molecular weight is 231 g/mol. The Morgan fingerprint density at radius 2 is 1.94 bits per heavy atom. The minimum absolute atomic E-state index is 0.479. The first-order valence-electron chi connectivity index (χ1n) is 6.90. The van der Waals surface area contributed by atoms with E-state index in [1.165, 1.54) is 44.2 Å². The molecular weight excluding hydrogens is 210 g/mol. The van der Waals surface area contributed by atoms with Gasteiger partial charge in [-0.3, -0.25) is 0 Å². The zero-order valence-corrected chi connectivity index (χ0v) is 10.3. The van der Waals surface area contributed by atoms with E-state index in [1.807, 2.05) is 0 Å². The Hall–Kier alpha value is -1.02. The van der Waals surface area contributed by atoms with E-state index in [2.05, 4.69) is 29.6 Å². The second kappa shape index (κ2) is 5.09. The van der Waals surface area contributed by atoms with Crippen molar-refractivity contribution in [2.75, 3.05) is 13.1 Å². The van der Waals surface area contributed by atoms with Gasteiger partial charge < -0.3 is 10.1 Å². The van der Waals surface area contributed by atoms with E-state index in [0.717, 1.165) is 12.3 Å². The standard InChI is InChI=1S/C15H21NO/c1-2-9-15(17-13-6-3-7-13)14(8-1)12-5-4-10-16-11-12/h1-2,8-9,12-13,16H,3-7,10-11H2. The molecule has 1 saturated heterocycles. The summed E-state index contributed by atoms with van der Waals surface area (Å²) in [7, 11) is 0.